The monoisotopic (exact) mass is 595 g/mol. The van der Waals surface area contributed by atoms with Crippen LogP contribution < -0.4 is 19.6 Å². The summed E-state index contributed by atoms with van der Waals surface area (Å²) in [5.41, 5.74) is 1.17. The van der Waals surface area contributed by atoms with Crippen LogP contribution >= 0.6 is 11.3 Å². The molecule has 0 N–H and O–H groups in total. The Hall–Kier alpha value is -5.29. The molecule has 6 rings (SSSR count). The molecule has 2 aromatic heterocycles. The Bertz CT molecular complexity index is 2140. The highest BCUT2D eigenvalue weighted by Gasteiger charge is 2.36. The van der Waals surface area contributed by atoms with E-state index < -0.39 is 16.9 Å². The van der Waals surface area contributed by atoms with Crippen LogP contribution in [0.25, 0.3) is 28.2 Å². The minimum absolute atomic E-state index is 0.0891. The summed E-state index contributed by atoms with van der Waals surface area (Å²) < 4.78 is 18.9. The Morgan fingerprint density at radius 3 is 2.65 bits per heavy atom. The van der Waals surface area contributed by atoms with Gasteiger partial charge in [0, 0.05) is 17.7 Å². The number of nitro groups is 1. The topological polar surface area (TPSA) is 126 Å². The first-order valence-electron chi connectivity index (χ1n) is 13.4. The van der Waals surface area contributed by atoms with Gasteiger partial charge in [0.2, 0.25) is 0 Å². The summed E-state index contributed by atoms with van der Waals surface area (Å²) in [5.74, 6) is 0.567. The van der Waals surface area contributed by atoms with E-state index in [1.54, 1.807) is 57.4 Å². The maximum absolute atomic E-state index is 14.1. The molecule has 1 atom stereocenters. The fourth-order valence-corrected chi connectivity index (χ4v) is 6.37. The molecule has 11 heteroatoms. The first-order chi connectivity index (χ1) is 20.8. The average Bonchev–Trinajstić information content (AvgIpc) is 3.59. The predicted octanol–water partition coefficient (Wildman–Crippen LogP) is 5.13. The van der Waals surface area contributed by atoms with Gasteiger partial charge in [-0.3, -0.25) is 19.5 Å². The fraction of sp³-hybridized carbons (Fsp3) is 0.156. The van der Waals surface area contributed by atoms with Gasteiger partial charge in [0.05, 0.1) is 40.0 Å². The van der Waals surface area contributed by atoms with E-state index in [1.165, 1.54) is 10.6 Å². The number of methoxy groups -OCH3 is 1. The molecular formula is C32H25N3O7S. The largest absolute Gasteiger partial charge is 0.496 e. The zero-order valence-electron chi connectivity index (χ0n) is 23.4. The second-order valence-corrected chi connectivity index (χ2v) is 10.7. The molecule has 216 valence electrons. The van der Waals surface area contributed by atoms with E-state index in [9.17, 15) is 19.7 Å². The Morgan fingerprint density at radius 2 is 1.88 bits per heavy atom. The fourth-order valence-electron chi connectivity index (χ4n) is 5.35. The molecule has 43 heavy (non-hydrogen) atoms. The van der Waals surface area contributed by atoms with Crippen molar-refractivity contribution in [3.05, 3.63) is 125 Å². The molecule has 0 unspecified atom stereocenters. The molecule has 0 aliphatic carbocycles. The van der Waals surface area contributed by atoms with Crippen molar-refractivity contribution in [1.29, 1.82) is 0 Å². The van der Waals surface area contributed by atoms with Crippen LogP contribution in [-0.4, -0.2) is 29.2 Å². The number of esters is 1. The van der Waals surface area contributed by atoms with Gasteiger partial charge in [-0.25, -0.2) is 9.79 Å². The molecule has 0 amide bonds. The van der Waals surface area contributed by atoms with Gasteiger partial charge in [-0.15, -0.1) is 0 Å². The standard InChI is InChI=1S/C32H25N3O7S/c1-4-41-31(37)27-18(2)33-32-34(29(27)28-21-10-6-5-9-19(21)13-15-25(28)40-3)30(36)26(43-32)17-20-14-16-24(42-20)22-11-7-8-12-23(22)35(38)39/h5-17,29H,4H2,1-3H3/b26-17+/t29-/m0/s1. The predicted molar refractivity (Wildman–Crippen MR) is 162 cm³/mol. The zero-order chi connectivity index (χ0) is 30.2. The number of nitrogens with zero attached hydrogens (tertiary/aromatic N) is 3. The van der Waals surface area contributed by atoms with Crippen molar-refractivity contribution in [3.8, 4) is 17.1 Å². The third kappa shape index (κ3) is 4.83. The van der Waals surface area contributed by atoms with Crippen LogP contribution in [0.5, 0.6) is 5.75 Å². The number of rotatable bonds is 7. The average molecular weight is 596 g/mol. The van der Waals surface area contributed by atoms with E-state index in [1.807, 2.05) is 36.4 Å². The summed E-state index contributed by atoms with van der Waals surface area (Å²) in [5, 5.41) is 13.3. The lowest BCUT2D eigenvalue weighted by molar-refractivity contribution is -0.384. The second kappa shape index (κ2) is 11.2. The molecule has 0 saturated carbocycles. The van der Waals surface area contributed by atoms with Crippen molar-refractivity contribution < 1.29 is 23.6 Å². The highest BCUT2D eigenvalue weighted by atomic mass is 32.1. The molecular weight excluding hydrogens is 570 g/mol. The van der Waals surface area contributed by atoms with Crippen molar-refractivity contribution in [2.24, 2.45) is 4.99 Å². The number of hydrogen-bond donors (Lipinski definition) is 0. The van der Waals surface area contributed by atoms with E-state index in [0.717, 1.165) is 22.1 Å². The van der Waals surface area contributed by atoms with Crippen LogP contribution in [0.4, 0.5) is 5.69 Å². The number of thiazole rings is 1. The Labute approximate surface area is 248 Å². The van der Waals surface area contributed by atoms with E-state index in [2.05, 4.69) is 4.99 Å². The lowest BCUT2D eigenvalue weighted by Gasteiger charge is -2.27. The normalized spacial score (nSPS) is 14.9. The molecule has 0 bridgehead atoms. The molecule has 3 heterocycles. The molecule has 0 fully saturated rings. The minimum atomic E-state index is -0.877. The lowest BCUT2D eigenvalue weighted by Crippen LogP contribution is -2.40. The number of carbonyl (C=O) groups excluding carboxylic acids is 1. The number of benzene rings is 3. The molecule has 1 aliphatic heterocycles. The van der Waals surface area contributed by atoms with Gasteiger partial charge in [0.1, 0.15) is 23.3 Å². The summed E-state index contributed by atoms with van der Waals surface area (Å²) in [6.07, 6.45) is 1.57. The number of fused-ring (bicyclic) bond motifs is 2. The number of furan rings is 1. The summed E-state index contributed by atoms with van der Waals surface area (Å²) in [7, 11) is 1.55. The van der Waals surface area contributed by atoms with Crippen LogP contribution in [0.15, 0.2) is 98.3 Å². The lowest BCUT2D eigenvalue weighted by atomic mass is 9.90. The Balaban J connectivity index is 1.56. The van der Waals surface area contributed by atoms with E-state index >= 15 is 0 Å². The number of aromatic nitrogens is 1. The number of allylic oxidation sites excluding steroid dienone is 1. The van der Waals surface area contributed by atoms with Gasteiger partial charge in [-0.2, -0.15) is 0 Å². The third-order valence-corrected chi connectivity index (χ3v) is 8.19. The van der Waals surface area contributed by atoms with Crippen molar-refractivity contribution >= 4 is 39.8 Å². The van der Waals surface area contributed by atoms with Crippen LogP contribution in [0.3, 0.4) is 0 Å². The van der Waals surface area contributed by atoms with Crippen molar-refractivity contribution in [3.63, 3.8) is 0 Å². The second-order valence-electron chi connectivity index (χ2n) is 9.68. The van der Waals surface area contributed by atoms with Crippen molar-refractivity contribution in [1.82, 2.24) is 4.57 Å². The van der Waals surface area contributed by atoms with E-state index in [4.69, 9.17) is 13.9 Å². The minimum Gasteiger partial charge on any atom is -0.496 e. The van der Waals surface area contributed by atoms with Gasteiger partial charge < -0.3 is 13.9 Å². The molecule has 1 aliphatic rings. The highest BCUT2D eigenvalue weighted by molar-refractivity contribution is 7.07. The summed E-state index contributed by atoms with van der Waals surface area (Å²) in [6.45, 7) is 3.59. The molecule has 3 aromatic carbocycles. The summed E-state index contributed by atoms with van der Waals surface area (Å²) in [6, 6.07) is 20.1. The molecule has 10 nitrogen and oxygen atoms in total. The molecule has 0 radical (unpaired) electrons. The highest BCUT2D eigenvalue weighted by Crippen LogP contribution is 2.40. The number of nitro benzene ring substituents is 1. The van der Waals surface area contributed by atoms with Gasteiger partial charge in [-0.1, -0.05) is 53.8 Å². The first-order valence-corrected chi connectivity index (χ1v) is 14.2. The Morgan fingerprint density at radius 1 is 1.12 bits per heavy atom. The maximum Gasteiger partial charge on any atom is 0.338 e. The molecule has 0 saturated heterocycles. The quantitative estimate of drug-likeness (QED) is 0.145. The summed E-state index contributed by atoms with van der Waals surface area (Å²) >= 11 is 1.15. The number of hydrogen-bond acceptors (Lipinski definition) is 9. The van der Waals surface area contributed by atoms with Gasteiger partial charge in [0.25, 0.3) is 11.2 Å². The van der Waals surface area contributed by atoms with Gasteiger partial charge in [0.15, 0.2) is 4.80 Å². The third-order valence-electron chi connectivity index (χ3n) is 7.21. The first kappa shape index (κ1) is 27.9. The van der Waals surface area contributed by atoms with Crippen molar-refractivity contribution in [2.75, 3.05) is 13.7 Å². The van der Waals surface area contributed by atoms with Crippen molar-refractivity contribution in [2.45, 2.75) is 19.9 Å². The van der Waals surface area contributed by atoms with Gasteiger partial charge in [-0.05, 0) is 48.9 Å². The van der Waals surface area contributed by atoms with E-state index in [0.29, 0.717) is 43.4 Å². The zero-order valence-corrected chi connectivity index (χ0v) is 24.2. The smallest absolute Gasteiger partial charge is 0.338 e. The van der Waals surface area contributed by atoms with Crippen LogP contribution in [-0.2, 0) is 9.53 Å². The molecule has 5 aromatic rings. The molecule has 0 spiro atoms. The number of ether oxygens (including phenoxy) is 2. The Kier molecular flexibility index (Phi) is 7.24. The SMILES string of the molecule is CCOC(=O)C1=C(C)N=c2s/c(=C/c3ccc(-c4ccccc4[N+](=O)[O-])o3)c(=O)n2[C@@H]1c1c(OC)ccc2ccccc12. The van der Waals surface area contributed by atoms with Crippen LogP contribution in [0.1, 0.15) is 31.2 Å². The van der Waals surface area contributed by atoms with Crippen LogP contribution in [0, 0.1) is 10.1 Å². The van der Waals surface area contributed by atoms with E-state index in [-0.39, 0.29) is 23.4 Å². The maximum atomic E-state index is 14.1. The number of carbonyl (C=O) groups is 1. The number of para-hydroxylation sites is 1. The summed E-state index contributed by atoms with van der Waals surface area (Å²) in [4.78, 5) is 43.6. The van der Waals surface area contributed by atoms with Gasteiger partial charge >= 0.3 is 5.97 Å². The van der Waals surface area contributed by atoms with Crippen LogP contribution in [0.2, 0.25) is 0 Å².